The van der Waals surface area contributed by atoms with Crippen LogP contribution < -0.4 is 5.43 Å². The molecule has 2 N–H and O–H groups in total. The number of H-pyrrole nitrogens is 1. The summed E-state index contributed by atoms with van der Waals surface area (Å²) < 4.78 is 5.38. The molecule has 0 fully saturated rings. The molecule has 0 aliphatic heterocycles. The molecule has 0 saturated carbocycles. The van der Waals surface area contributed by atoms with Gasteiger partial charge in [-0.05, 0) is 18.2 Å². The first kappa shape index (κ1) is 11.7. The highest BCUT2D eigenvalue weighted by Crippen LogP contribution is 2.21. The molecule has 0 bridgehead atoms. The molecule has 0 aliphatic carbocycles. The number of fused-ring (bicyclic) bond motifs is 1. The van der Waals surface area contributed by atoms with Gasteiger partial charge in [0.05, 0.1) is 13.3 Å². The van der Waals surface area contributed by atoms with E-state index in [2.05, 4.69) is 36.2 Å². The highest BCUT2D eigenvalue weighted by atomic mass is 79.9. The second-order valence-corrected chi connectivity index (χ2v) is 4.21. The lowest BCUT2D eigenvalue weighted by atomic mass is 10.2. The Morgan fingerprint density at radius 2 is 2.41 bits per heavy atom. The van der Waals surface area contributed by atoms with Crippen LogP contribution >= 0.6 is 15.9 Å². The third kappa shape index (κ3) is 2.65. The number of hydrogen-bond acceptors (Lipinski definition) is 3. The maximum absolute atomic E-state index is 10.8. The van der Waals surface area contributed by atoms with Crippen LogP contribution in [0.25, 0.3) is 10.9 Å². The number of ether oxygens (including phenoxy) is 1. The molecule has 2 rings (SSSR count). The van der Waals surface area contributed by atoms with E-state index in [9.17, 15) is 4.79 Å². The Morgan fingerprint density at radius 1 is 1.59 bits per heavy atom. The summed E-state index contributed by atoms with van der Waals surface area (Å²) in [7, 11) is 1.29. The van der Waals surface area contributed by atoms with Gasteiger partial charge in [0.2, 0.25) is 0 Å². The van der Waals surface area contributed by atoms with Crippen LogP contribution in [0.15, 0.2) is 34.0 Å². The van der Waals surface area contributed by atoms with E-state index in [0.717, 1.165) is 20.9 Å². The minimum absolute atomic E-state index is 0.595. The van der Waals surface area contributed by atoms with Crippen molar-refractivity contribution < 1.29 is 9.53 Å². The monoisotopic (exact) mass is 295 g/mol. The summed E-state index contributed by atoms with van der Waals surface area (Å²) in [6, 6.07) is 5.89. The van der Waals surface area contributed by atoms with Gasteiger partial charge in [-0.1, -0.05) is 15.9 Å². The van der Waals surface area contributed by atoms with Crippen LogP contribution in [0.3, 0.4) is 0 Å². The normalized spacial score (nSPS) is 10.9. The van der Waals surface area contributed by atoms with Crippen LogP contribution in [0.2, 0.25) is 0 Å². The lowest BCUT2D eigenvalue weighted by Crippen LogP contribution is -2.16. The van der Waals surface area contributed by atoms with E-state index in [1.807, 2.05) is 24.4 Å². The van der Waals surface area contributed by atoms with Crippen LogP contribution in [0.1, 0.15) is 5.56 Å². The molecule has 0 saturated heterocycles. The summed E-state index contributed by atoms with van der Waals surface area (Å²) >= 11 is 3.41. The lowest BCUT2D eigenvalue weighted by molar-refractivity contribution is 0.171. The molecule has 17 heavy (non-hydrogen) atoms. The van der Waals surface area contributed by atoms with Crippen LogP contribution in [-0.2, 0) is 4.74 Å². The van der Waals surface area contributed by atoms with Gasteiger partial charge in [-0.3, -0.25) is 0 Å². The Morgan fingerprint density at radius 3 is 3.18 bits per heavy atom. The molecule has 88 valence electrons. The van der Waals surface area contributed by atoms with Gasteiger partial charge < -0.3 is 9.72 Å². The van der Waals surface area contributed by atoms with Crippen LogP contribution in [-0.4, -0.2) is 24.4 Å². The molecule has 5 nitrogen and oxygen atoms in total. The SMILES string of the molecule is COC(=O)N/N=C/c1c[nH]c2ccc(Br)cc12. The Labute approximate surface area is 106 Å². The number of benzene rings is 1. The molecule has 1 aromatic heterocycles. The zero-order chi connectivity index (χ0) is 12.3. The summed E-state index contributed by atoms with van der Waals surface area (Å²) in [5.41, 5.74) is 4.13. The van der Waals surface area contributed by atoms with Crippen LogP contribution in [0.4, 0.5) is 4.79 Å². The first-order valence-corrected chi connectivity index (χ1v) is 5.63. The first-order chi connectivity index (χ1) is 8.20. The fraction of sp³-hybridized carbons (Fsp3) is 0.0909. The Kier molecular flexibility index (Phi) is 3.43. The molecule has 1 heterocycles. The summed E-state index contributed by atoms with van der Waals surface area (Å²) in [5, 5.41) is 4.80. The van der Waals surface area contributed by atoms with Crippen molar-refractivity contribution in [1.29, 1.82) is 0 Å². The van der Waals surface area contributed by atoms with E-state index in [4.69, 9.17) is 0 Å². The number of hydrazone groups is 1. The summed E-state index contributed by atoms with van der Waals surface area (Å²) in [5.74, 6) is 0. The summed E-state index contributed by atoms with van der Waals surface area (Å²) in [6.07, 6.45) is 2.78. The molecule has 0 spiro atoms. The molecule has 0 unspecified atom stereocenters. The Hall–Kier alpha value is -1.82. The highest BCUT2D eigenvalue weighted by molar-refractivity contribution is 9.10. The number of carbonyl (C=O) groups excluding carboxylic acids is 1. The first-order valence-electron chi connectivity index (χ1n) is 4.84. The number of nitrogens with one attached hydrogen (secondary N) is 2. The van der Waals surface area contributed by atoms with E-state index >= 15 is 0 Å². The molecule has 0 aliphatic rings. The van der Waals surface area contributed by atoms with Crippen molar-refractivity contribution in [1.82, 2.24) is 10.4 Å². The maximum atomic E-state index is 10.8. The van der Waals surface area contributed by atoms with E-state index in [0.29, 0.717) is 0 Å². The molecule has 0 radical (unpaired) electrons. The number of halogens is 1. The maximum Gasteiger partial charge on any atom is 0.427 e. The number of hydrogen-bond donors (Lipinski definition) is 2. The zero-order valence-corrected chi connectivity index (χ0v) is 10.6. The average molecular weight is 296 g/mol. The predicted octanol–water partition coefficient (Wildman–Crippen LogP) is 2.62. The van der Waals surface area contributed by atoms with Gasteiger partial charge in [0.25, 0.3) is 0 Å². The largest absolute Gasteiger partial charge is 0.452 e. The van der Waals surface area contributed by atoms with Gasteiger partial charge in [0.15, 0.2) is 0 Å². The van der Waals surface area contributed by atoms with Crippen molar-refractivity contribution in [2.45, 2.75) is 0 Å². The second kappa shape index (κ2) is 5.01. The number of aromatic nitrogens is 1. The molecule has 0 atom stereocenters. The van der Waals surface area contributed by atoms with Crippen molar-refractivity contribution in [3.05, 3.63) is 34.4 Å². The van der Waals surface area contributed by atoms with Gasteiger partial charge in [0, 0.05) is 27.1 Å². The number of methoxy groups -OCH3 is 1. The second-order valence-electron chi connectivity index (χ2n) is 3.30. The Bertz CT molecular complexity index is 577. The fourth-order valence-electron chi connectivity index (χ4n) is 1.42. The number of carbonyl (C=O) groups is 1. The third-order valence-electron chi connectivity index (χ3n) is 2.22. The number of nitrogens with zero attached hydrogens (tertiary/aromatic N) is 1. The van der Waals surface area contributed by atoms with Crippen molar-refractivity contribution in [3.8, 4) is 0 Å². The van der Waals surface area contributed by atoms with Gasteiger partial charge in [-0.2, -0.15) is 5.10 Å². The number of rotatable bonds is 2. The van der Waals surface area contributed by atoms with E-state index < -0.39 is 6.09 Å². The number of aromatic amines is 1. The van der Waals surface area contributed by atoms with E-state index in [1.54, 1.807) is 6.21 Å². The molecule has 2 aromatic rings. The third-order valence-corrected chi connectivity index (χ3v) is 2.71. The lowest BCUT2D eigenvalue weighted by Gasteiger charge is -1.95. The standard InChI is InChI=1S/C11H10BrN3O2/c1-17-11(16)15-14-6-7-5-13-10-3-2-8(12)4-9(7)10/h2-6,13H,1H3,(H,15,16)/b14-6+. The van der Waals surface area contributed by atoms with E-state index in [-0.39, 0.29) is 0 Å². The predicted molar refractivity (Wildman–Crippen MR) is 69.1 cm³/mol. The molecule has 1 aromatic carbocycles. The minimum atomic E-state index is -0.595. The van der Waals surface area contributed by atoms with E-state index in [1.165, 1.54) is 7.11 Å². The number of amides is 1. The van der Waals surface area contributed by atoms with Crippen molar-refractivity contribution in [3.63, 3.8) is 0 Å². The molecular formula is C11H10BrN3O2. The molecular weight excluding hydrogens is 286 g/mol. The van der Waals surface area contributed by atoms with Gasteiger partial charge in [0.1, 0.15) is 0 Å². The summed E-state index contributed by atoms with van der Waals surface area (Å²) in [6.45, 7) is 0. The van der Waals surface area contributed by atoms with Crippen LogP contribution in [0, 0.1) is 0 Å². The summed E-state index contributed by atoms with van der Waals surface area (Å²) in [4.78, 5) is 13.9. The average Bonchev–Trinajstić information content (AvgIpc) is 2.72. The van der Waals surface area contributed by atoms with Crippen LogP contribution in [0.5, 0.6) is 0 Å². The van der Waals surface area contributed by atoms with Gasteiger partial charge in [-0.15, -0.1) is 0 Å². The Balaban J connectivity index is 2.24. The minimum Gasteiger partial charge on any atom is -0.452 e. The molecule has 6 heteroatoms. The zero-order valence-electron chi connectivity index (χ0n) is 9.03. The van der Waals surface area contributed by atoms with Crippen molar-refractivity contribution >= 4 is 39.1 Å². The van der Waals surface area contributed by atoms with Gasteiger partial charge in [-0.25, -0.2) is 10.2 Å². The molecule has 1 amide bonds. The quantitative estimate of drug-likeness (QED) is 0.661. The topological polar surface area (TPSA) is 66.5 Å². The van der Waals surface area contributed by atoms with Gasteiger partial charge >= 0.3 is 6.09 Å². The highest BCUT2D eigenvalue weighted by Gasteiger charge is 2.02. The van der Waals surface area contributed by atoms with Crippen molar-refractivity contribution in [2.24, 2.45) is 5.10 Å². The fourth-order valence-corrected chi connectivity index (χ4v) is 1.78. The van der Waals surface area contributed by atoms with Crippen molar-refractivity contribution in [2.75, 3.05) is 7.11 Å². The smallest absolute Gasteiger partial charge is 0.427 e.